The molecule has 194 valence electrons. The lowest BCUT2D eigenvalue weighted by Crippen LogP contribution is -1.97. The molecule has 0 aliphatic carbocycles. The van der Waals surface area contributed by atoms with Gasteiger partial charge in [0.05, 0.1) is 24.6 Å². The largest absolute Gasteiger partial charge is 0.494 e. The van der Waals surface area contributed by atoms with Crippen LogP contribution in [0.1, 0.15) is 96.8 Å². The molecule has 0 radical (unpaired) electrons. The Kier molecular flexibility index (Phi) is 16.4. The maximum absolute atomic E-state index is 5.88. The molecule has 5 nitrogen and oxygen atoms in total. The zero-order valence-electron chi connectivity index (χ0n) is 21.9. The van der Waals surface area contributed by atoms with Gasteiger partial charge in [-0.2, -0.15) is 10.2 Å². The fraction of sp³-hybridized carbons (Fsp3) is 0.600. The highest BCUT2D eigenvalue weighted by atomic mass is 16.5. The molecule has 2 aromatic carbocycles. The molecule has 0 saturated heterocycles. The summed E-state index contributed by atoms with van der Waals surface area (Å²) in [5.41, 5.74) is 7.16. The molecule has 0 fully saturated rings. The summed E-state index contributed by atoms with van der Waals surface area (Å²) in [5.74, 6) is 1.78. The monoisotopic (exact) mass is 481 g/mol. The van der Waals surface area contributed by atoms with Crippen LogP contribution in [0, 0.1) is 0 Å². The van der Waals surface area contributed by atoms with E-state index < -0.39 is 0 Å². The second kappa shape index (κ2) is 19.9. The standard InChI is InChI=1S/C30H47N3O2/c1-2-3-4-14-25-34-29-20-16-27(17-21-29)32-33-28-18-22-30(23-19-28)35-26-15-12-10-8-6-5-7-9-11-13-24-31/h16-23H,2-15,24-26,31H2,1H3. The Bertz CT molecular complexity index is 775. The number of benzene rings is 2. The molecular formula is C30H47N3O2. The van der Waals surface area contributed by atoms with Gasteiger partial charge < -0.3 is 15.2 Å². The number of rotatable bonds is 21. The first-order valence-electron chi connectivity index (χ1n) is 13.9. The van der Waals surface area contributed by atoms with Crippen molar-refractivity contribution in [3.05, 3.63) is 48.5 Å². The number of unbranched alkanes of at least 4 members (excludes halogenated alkanes) is 12. The van der Waals surface area contributed by atoms with Crippen molar-refractivity contribution < 1.29 is 9.47 Å². The summed E-state index contributed by atoms with van der Waals surface area (Å²) >= 11 is 0. The molecule has 0 aliphatic heterocycles. The Hall–Kier alpha value is -2.40. The number of ether oxygens (including phenoxy) is 2. The third-order valence-corrected chi connectivity index (χ3v) is 6.09. The van der Waals surface area contributed by atoms with E-state index in [1.54, 1.807) is 0 Å². The van der Waals surface area contributed by atoms with Gasteiger partial charge in [-0.25, -0.2) is 0 Å². The van der Waals surface area contributed by atoms with Crippen LogP contribution >= 0.6 is 0 Å². The van der Waals surface area contributed by atoms with Crippen LogP contribution in [0.25, 0.3) is 0 Å². The van der Waals surface area contributed by atoms with Gasteiger partial charge in [-0.3, -0.25) is 0 Å². The molecule has 2 aromatic rings. The van der Waals surface area contributed by atoms with E-state index in [2.05, 4.69) is 17.2 Å². The van der Waals surface area contributed by atoms with Crippen molar-refractivity contribution in [2.45, 2.75) is 96.8 Å². The second-order valence-electron chi connectivity index (χ2n) is 9.27. The fourth-order valence-electron chi connectivity index (χ4n) is 3.90. The molecule has 0 unspecified atom stereocenters. The first kappa shape index (κ1) is 28.8. The minimum atomic E-state index is 0.769. The van der Waals surface area contributed by atoms with Crippen molar-refractivity contribution in [1.82, 2.24) is 0 Å². The van der Waals surface area contributed by atoms with Gasteiger partial charge in [-0.15, -0.1) is 0 Å². The highest BCUT2D eigenvalue weighted by Gasteiger charge is 1.98. The minimum absolute atomic E-state index is 0.769. The molecular weight excluding hydrogens is 434 g/mol. The van der Waals surface area contributed by atoms with Gasteiger partial charge in [0, 0.05) is 0 Å². The zero-order chi connectivity index (χ0) is 24.8. The molecule has 0 spiro atoms. The molecule has 0 amide bonds. The predicted octanol–water partition coefficient (Wildman–Crippen LogP) is 9.30. The average molecular weight is 482 g/mol. The van der Waals surface area contributed by atoms with E-state index in [4.69, 9.17) is 15.2 Å². The topological polar surface area (TPSA) is 69.2 Å². The highest BCUT2D eigenvalue weighted by molar-refractivity contribution is 5.44. The van der Waals surface area contributed by atoms with Crippen molar-refractivity contribution in [3.8, 4) is 11.5 Å². The number of azo groups is 1. The van der Waals surface area contributed by atoms with Crippen LogP contribution in [-0.4, -0.2) is 19.8 Å². The van der Waals surface area contributed by atoms with E-state index in [1.165, 1.54) is 77.0 Å². The number of hydrogen-bond donors (Lipinski definition) is 1. The molecule has 0 heterocycles. The van der Waals surface area contributed by atoms with Crippen molar-refractivity contribution in [1.29, 1.82) is 0 Å². The summed E-state index contributed by atoms with van der Waals surface area (Å²) in [6.07, 6.45) is 17.7. The SMILES string of the molecule is CCCCCCOc1ccc(N=Nc2ccc(OCCCCCCCCCCCCN)cc2)cc1. The fourth-order valence-corrected chi connectivity index (χ4v) is 3.90. The summed E-state index contributed by atoms with van der Waals surface area (Å²) in [5, 5.41) is 8.66. The van der Waals surface area contributed by atoms with E-state index in [-0.39, 0.29) is 0 Å². The van der Waals surface area contributed by atoms with Gasteiger partial charge in [0.2, 0.25) is 0 Å². The number of nitrogens with zero attached hydrogens (tertiary/aromatic N) is 2. The van der Waals surface area contributed by atoms with Crippen molar-refractivity contribution >= 4 is 11.4 Å². The van der Waals surface area contributed by atoms with E-state index in [1.807, 2.05) is 48.5 Å². The normalized spacial score (nSPS) is 11.3. The Morgan fingerprint density at radius 2 is 0.886 bits per heavy atom. The smallest absolute Gasteiger partial charge is 0.119 e. The van der Waals surface area contributed by atoms with Crippen LogP contribution in [-0.2, 0) is 0 Å². The van der Waals surface area contributed by atoms with E-state index >= 15 is 0 Å². The van der Waals surface area contributed by atoms with E-state index in [0.29, 0.717) is 0 Å². The Balaban J connectivity index is 1.54. The van der Waals surface area contributed by atoms with Crippen LogP contribution in [0.4, 0.5) is 11.4 Å². The summed E-state index contributed by atoms with van der Waals surface area (Å²) in [6, 6.07) is 15.6. The molecule has 2 N–H and O–H groups in total. The summed E-state index contributed by atoms with van der Waals surface area (Å²) in [4.78, 5) is 0. The van der Waals surface area contributed by atoms with Crippen molar-refractivity contribution in [2.75, 3.05) is 19.8 Å². The lowest BCUT2D eigenvalue weighted by molar-refractivity contribution is 0.304. The molecule has 0 saturated carbocycles. The van der Waals surface area contributed by atoms with Crippen LogP contribution in [0.3, 0.4) is 0 Å². The Morgan fingerprint density at radius 3 is 1.29 bits per heavy atom. The predicted molar refractivity (Wildman–Crippen MR) is 147 cm³/mol. The minimum Gasteiger partial charge on any atom is -0.494 e. The van der Waals surface area contributed by atoms with Crippen LogP contribution in [0.5, 0.6) is 11.5 Å². The average Bonchev–Trinajstić information content (AvgIpc) is 2.89. The molecule has 2 rings (SSSR count). The van der Waals surface area contributed by atoms with Crippen LogP contribution < -0.4 is 15.2 Å². The highest BCUT2D eigenvalue weighted by Crippen LogP contribution is 2.23. The van der Waals surface area contributed by atoms with Gasteiger partial charge >= 0.3 is 0 Å². The van der Waals surface area contributed by atoms with E-state index in [0.717, 1.165) is 55.5 Å². The molecule has 0 aliphatic rings. The molecule has 0 aromatic heterocycles. The lowest BCUT2D eigenvalue weighted by Gasteiger charge is -2.06. The van der Waals surface area contributed by atoms with Crippen LogP contribution in [0.2, 0.25) is 0 Å². The van der Waals surface area contributed by atoms with Crippen molar-refractivity contribution in [3.63, 3.8) is 0 Å². The second-order valence-corrected chi connectivity index (χ2v) is 9.27. The third-order valence-electron chi connectivity index (χ3n) is 6.09. The van der Waals surface area contributed by atoms with Gasteiger partial charge in [-0.05, 0) is 74.3 Å². The third kappa shape index (κ3) is 14.6. The molecule has 0 atom stereocenters. The number of nitrogens with two attached hydrogens (primary N) is 1. The molecule has 0 bridgehead atoms. The van der Waals surface area contributed by atoms with Crippen LogP contribution in [0.15, 0.2) is 58.8 Å². The molecule has 5 heteroatoms. The Morgan fingerprint density at radius 1 is 0.514 bits per heavy atom. The van der Waals surface area contributed by atoms with E-state index in [9.17, 15) is 0 Å². The van der Waals surface area contributed by atoms with Gasteiger partial charge in [0.25, 0.3) is 0 Å². The van der Waals surface area contributed by atoms with Gasteiger partial charge in [0.15, 0.2) is 0 Å². The lowest BCUT2D eigenvalue weighted by atomic mass is 10.1. The van der Waals surface area contributed by atoms with Gasteiger partial charge in [-0.1, -0.05) is 77.6 Å². The summed E-state index contributed by atoms with van der Waals surface area (Å²) in [7, 11) is 0. The summed E-state index contributed by atoms with van der Waals surface area (Å²) in [6.45, 7) is 4.59. The van der Waals surface area contributed by atoms with Gasteiger partial charge in [0.1, 0.15) is 11.5 Å². The maximum atomic E-state index is 5.88. The molecule has 35 heavy (non-hydrogen) atoms. The quantitative estimate of drug-likeness (QED) is 0.143. The summed E-state index contributed by atoms with van der Waals surface area (Å²) < 4.78 is 11.7. The zero-order valence-corrected chi connectivity index (χ0v) is 21.9. The van der Waals surface area contributed by atoms with Crippen molar-refractivity contribution in [2.24, 2.45) is 16.0 Å². The number of hydrogen-bond acceptors (Lipinski definition) is 5. The first-order valence-corrected chi connectivity index (χ1v) is 13.9. The first-order chi connectivity index (χ1) is 17.3. The maximum Gasteiger partial charge on any atom is 0.119 e. The Labute approximate surface area is 213 Å².